The molecule has 1 amide bonds. The van der Waals surface area contributed by atoms with Gasteiger partial charge in [0, 0.05) is 17.8 Å². The summed E-state index contributed by atoms with van der Waals surface area (Å²) in [7, 11) is 0. The standard InChI is InChI=1S/C16H16N2O3/c1-11(21-15-8-4-5-9-17-15)16(19)18-13-10-20-14-7-3-2-6-12(13)14/h2-9,11,13H,10H2,1H3,(H,18,19)/t11-,13-/m1/s1. The molecule has 1 aromatic carbocycles. The highest BCUT2D eigenvalue weighted by Crippen LogP contribution is 2.31. The van der Waals surface area contributed by atoms with Crippen molar-refractivity contribution < 1.29 is 14.3 Å². The Kier molecular flexibility index (Phi) is 3.73. The molecule has 5 heteroatoms. The van der Waals surface area contributed by atoms with Gasteiger partial charge in [0.1, 0.15) is 12.4 Å². The molecule has 0 bridgehead atoms. The number of amides is 1. The van der Waals surface area contributed by atoms with Crippen molar-refractivity contribution in [2.45, 2.75) is 19.1 Å². The van der Waals surface area contributed by atoms with Crippen LogP contribution < -0.4 is 14.8 Å². The second-order valence-electron chi connectivity index (χ2n) is 4.84. The number of pyridine rings is 1. The van der Waals surface area contributed by atoms with E-state index in [1.165, 1.54) is 0 Å². The van der Waals surface area contributed by atoms with Crippen LogP contribution in [0.2, 0.25) is 0 Å². The Bertz CT molecular complexity index is 630. The number of rotatable bonds is 4. The van der Waals surface area contributed by atoms with Crippen LogP contribution in [0.15, 0.2) is 48.7 Å². The number of hydrogen-bond donors (Lipinski definition) is 1. The molecule has 5 nitrogen and oxygen atoms in total. The summed E-state index contributed by atoms with van der Waals surface area (Å²) in [4.78, 5) is 16.2. The molecule has 0 saturated carbocycles. The first-order chi connectivity index (χ1) is 10.2. The van der Waals surface area contributed by atoms with Gasteiger partial charge in [-0.3, -0.25) is 4.79 Å². The number of fused-ring (bicyclic) bond motifs is 1. The SMILES string of the molecule is C[C@@H](Oc1ccccn1)C(=O)N[C@@H]1COc2ccccc21. The molecule has 1 aromatic heterocycles. The van der Waals surface area contributed by atoms with Crippen LogP contribution in [0.3, 0.4) is 0 Å². The molecule has 1 aliphatic heterocycles. The first-order valence-corrected chi connectivity index (χ1v) is 6.84. The van der Waals surface area contributed by atoms with Gasteiger partial charge in [0.25, 0.3) is 5.91 Å². The van der Waals surface area contributed by atoms with E-state index in [0.717, 1.165) is 11.3 Å². The van der Waals surface area contributed by atoms with Crippen molar-refractivity contribution in [2.24, 2.45) is 0 Å². The van der Waals surface area contributed by atoms with Crippen molar-refractivity contribution in [3.05, 3.63) is 54.2 Å². The van der Waals surface area contributed by atoms with Gasteiger partial charge in [0.05, 0.1) is 6.04 Å². The lowest BCUT2D eigenvalue weighted by Crippen LogP contribution is -2.39. The zero-order valence-electron chi connectivity index (χ0n) is 11.7. The topological polar surface area (TPSA) is 60.5 Å². The number of hydrogen-bond acceptors (Lipinski definition) is 4. The van der Waals surface area contributed by atoms with Gasteiger partial charge >= 0.3 is 0 Å². The highest BCUT2D eigenvalue weighted by atomic mass is 16.5. The van der Waals surface area contributed by atoms with Gasteiger partial charge < -0.3 is 14.8 Å². The Morgan fingerprint density at radius 3 is 2.95 bits per heavy atom. The fourth-order valence-electron chi connectivity index (χ4n) is 2.22. The zero-order valence-corrected chi connectivity index (χ0v) is 11.7. The Labute approximate surface area is 122 Å². The van der Waals surface area contributed by atoms with E-state index in [4.69, 9.17) is 9.47 Å². The minimum atomic E-state index is -0.618. The number of aromatic nitrogens is 1. The summed E-state index contributed by atoms with van der Waals surface area (Å²) in [6, 6.07) is 12.9. The summed E-state index contributed by atoms with van der Waals surface area (Å²) >= 11 is 0. The van der Waals surface area contributed by atoms with Crippen LogP contribution in [0.1, 0.15) is 18.5 Å². The van der Waals surface area contributed by atoms with Crippen LogP contribution in [-0.4, -0.2) is 23.6 Å². The lowest BCUT2D eigenvalue weighted by Gasteiger charge is -2.17. The van der Waals surface area contributed by atoms with E-state index < -0.39 is 6.10 Å². The summed E-state index contributed by atoms with van der Waals surface area (Å²) in [6.07, 6.45) is 1.01. The summed E-state index contributed by atoms with van der Waals surface area (Å²) < 4.78 is 11.1. The average Bonchev–Trinajstić information content (AvgIpc) is 2.91. The van der Waals surface area contributed by atoms with Gasteiger partial charge in [-0.05, 0) is 19.1 Å². The molecule has 2 heterocycles. The van der Waals surface area contributed by atoms with Crippen molar-refractivity contribution in [1.82, 2.24) is 10.3 Å². The molecule has 1 N–H and O–H groups in total. The van der Waals surface area contributed by atoms with Crippen LogP contribution in [-0.2, 0) is 4.79 Å². The largest absolute Gasteiger partial charge is 0.491 e. The van der Waals surface area contributed by atoms with Gasteiger partial charge in [-0.1, -0.05) is 24.3 Å². The van der Waals surface area contributed by atoms with Crippen molar-refractivity contribution in [3.8, 4) is 11.6 Å². The summed E-state index contributed by atoms with van der Waals surface area (Å²) in [5, 5.41) is 2.94. The molecule has 1 aliphatic rings. The minimum absolute atomic E-state index is 0.136. The maximum absolute atomic E-state index is 12.2. The normalized spacial score (nSPS) is 17.5. The average molecular weight is 284 g/mol. The maximum Gasteiger partial charge on any atom is 0.261 e. The highest BCUT2D eigenvalue weighted by molar-refractivity contribution is 5.81. The number of nitrogens with zero attached hydrogens (tertiary/aromatic N) is 1. The fraction of sp³-hybridized carbons (Fsp3) is 0.250. The Morgan fingerprint density at radius 2 is 2.14 bits per heavy atom. The van der Waals surface area contributed by atoms with Gasteiger partial charge in [-0.2, -0.15) is 0 Å². The monoisotopic (exact) mass is 284 g/mol. The number of nitrogens with one attached hydrogen (secondary N) is 1. The van der Waals surface area contributed by atoms with Gasteiger partial charge in [0.2, 0.25) is 5.88 Å². The highest BCUT2D eigenvalue weighted by Gasteiger charge is 2.27. The molecule has 2 atom stereocenters. The van der Waals surface area contributed by atoms with Crippen LogP contribution >= 0.6 is 0 Å². The predicted octanol–water partition coefficient (Wildman–Crippen LogP) is 2.10. The third kappa shape index (κ3) is 2.97. The number of benzene rings is 1. The van der Waals surface area contributed by atoms with E-state index in [-0.39, 0.29) is 11.9 Å². The first kappa shape index (κ1) is 13.4. The molecular weight excluding hydrogens is 268 g/mol. The molecular formula is C16H16N2O3. The maximum atomic E-state index is 12.2. The minimum Gasteiger partial charge on any atom is -0.491 e. The van der Waals surface area contributed by atoms with Crippen LogP contribution in [0, 0.1) is 0 Å². The smallest absolute Gasteiger partial charge is 0.261 e. The second kappa shape index (κ2) is 5.83. The Morgan fingerprint density at radius 1 is 1.33 bits per heavy atom. The van der Waals surface area contributed by atoms with E-state index in [9.17, 15) is 4.79 Å². The van der Waals surface area contributed by atoms with Crippen LogP contribution in [0.5, 0.6) is 11.6 Å². The summed E-state index contributed by atoms with van der Waals surface area (Å²) in [6.45, 7) is 2.15. The van der Waals surface area contributed by atoms with Crippen LogP contribution in [0.25, 0.3) is 0 Å². The van der Waals surface area contributed by atoms with Crippen molar-refractivity contribution in [3.63, 3.8) is 0 Å². The van der Waals surface area contributed by atoms with Gasteiger partial charge in [0.15, 0.2) is 6.10 Å². The third-order valence-electron chi connectivity index (χ3n) is 3.32. The number of carbonyl (C=O) groups excluding carboxylic acids is 1. The molecule has 0 unspecified atom stereocenters. The van der Waals surface area contributed by atoms with Crippen molar-refractivity contribution >= 4 is 5.91 Å². The predicted molar refractivity (Wildman–Crippen MR) is 77.1 cm³/mol. The van der Waals surface area contributed by atoms with E-state index in [1.807, 2.05) is 30.3 Å². The van der Waals surface area contributed by atoms with E-state index in [2.05, 4.69) is 10.3 Å². The molecule has 0 fully saturated rings. The van der Waals surface area contributed by atoms with E-state index in [1.54, 1.807) is 25.3 Å². The zero-order chi connectivity index (χ0) is 14.7. The third-order valence-corrected chi connectivity index (χ3v) is 3.32. The quantitative estimate of drug-likeness (QED) is 0.934. The summed E-state index contributed by atoms with van der Waals surface area (Å²) in [5.41, 5.74) is 0.996. The van der Waals surface area contributed by atoms with Gasteiger partial charge in [-0.25, -0.2) is 4.98 Å². The summed E-state index contributed by atoms with van der Waals surface area (Å²) in [5.74, 6) is 1.07. The molecule has 3 rings (SSSR count). The molecule has 0 spiro atoms. The second-order valence-corrected chi connectivity index (χ2v) is 4.84. The van der Waals surface area contributed by atoms with Crippen molar-refractivity contribution in [1.29, 1.82) is 0 Å². The van der Waals surface area contributed by atoms with Crippen LogP contribution in [0.4, 0.5) is 0 Å². The Balaban J connectivity index is 1.62. The van der Waals surface area contributed by atoms with Crippen molar-refractivity contribution in [2.75, 3.05) is 6.61 Å². The Hall–Kier alpha value is -2.56. The lowest BCUT2D eigenvalue weighted by molar-refractivity contribution is -0.128. The molecule has 0 radical (unpaired) electrons. The molecule has 0 aliphatic carbocycles. The fourth-order valence-corrected chi connectivity index (χ4v) is 2.22. The number of ether oxygens (including phenoxy) is 2. The molecule has 21 heavy (non-hydrogen) atoms. The molecule has 2 aromatic rings. The van der Waals surface area contributed by atoms with Gasteiger partial charge in [-0.15, -0.1) is 0 Å². The number of carbonyl (C=O) groups is 1. The van der Waals surface area contributed by atoms with E-state index >= 15 is 0 Å². The first-order valence-electron chi connectivity index (χ1n) is 6.84. The molecule has 108 valence electrons. The molecule has 0 saturated heterocycles. The van der Waals surface area contributed by atoms with E-state index in [0.29, 0.717) is 12.5 Å². The number of para-hydroxylation sites is 1. The lowest BCUT2D eigenvalue weighted by atomic mass is 10.1.